The number of fused-ring (bicyclic) bond motifs is 5. The Kier molecular flexibility index (Phi) is 6.76. The van der Waals surface area contributed by atoms with E-state index in [1.54, 1.807) is 0 Å². The van der Waals surface area contributed by atoms with Crippen molar-refractivity contribution in [3.63, 3.8) is 0 Å². The summed E-state index contributed by atoms with van der Waals surface area (Å²) in [7, 11) is 0. The van der Waals surface area contributed by atoms with Gasteiger partial charge in [0.15, 0.2) is 0 Å². The average Bonchev–Trinajstić information content (AvgIpc) is 3.37. The highest BCUT2D eigenvalue weighted by Gasteiger charge is 2.65. The molecule has 4 saturated carbocycles. The zero-order valence-electron chi connectivity index (χ0n) is 21.7. The van der Waals surface area contributed by atoms with E-state index in [0.29, 0.717) is 31.2 Å². The van der Waals surface area contributed by atoms with Crippen LogP contribution >= 0.6 is 0 Å². The first-order chi connectivity index (χ1) is 16.6. The van der Waals surface area contributed by atoms with E-state index in [2.05, 4.69) is 20.8 Å². The minimum atomic E-state index is -0.424. The quantitative estimate of drug-likeness (QED) is 0.544. The van der Waals surface area contributed by atoms with Crippen LogP contribution in [0.3, 0.4) is 0 Å². The Hall–Kier alpha value is -1.18. The Labute approximate surface area is 209 Å². The second-order valence-corrected chi connectivity index (χ2v) is 13.1. The summed E-state index contributed by atoms with van der Waals surface area (Å²) in [5, 5.41) is 34.5. The third-order valence-corrected chi connectivity index (χ3v) is 11.6. The van der Waals surface area contributed by atoms with Gasteiger partial charge in [-0.15, -0.1) is 0 Å². The minimum Gasteiger partial charge on any atom is -0.393 e. The number of amides is 1. The van der Waals surface area contributed by atoms with Gasteiger partial charge >= 0.3 is 5.97 Å². The lowest BCUT2D eigenvalue weighted by Gasteiger charge is -2.63. The summed E-state index contributed by atoms with van der Waals surface area (Å²) in [6.07, 6.45) is 7.14. The maximum atomic E-state index is 12.4. The molecule has 0 aromatic carbocycles. The van der Waals surface area contributed by atoms with Gasteiger partial charge in [0.05, 0.1) is 24.9 Å². The van der Waals surface area contributed by atoms with Crippen LogP contribution < -0.4 is 0 Å². The fourth-order valence-corrected chi connectivity index (χ4v) is 9.57. The number of hydrogen-bond donors (Lipinski definition) is 3. The predicted molar refractivity (Wildman–Crippen MR) is 129 cm³/mol. The molecule has 1 saturated heterocycles. The number of carbonyl (C=O) groups excluding carboxylic acids is 2. The number of nitrogens with zero attached hydrogens (tertiary/aromatic N) is 1. The minimum absolute atomic E-state index is 0.0753. The summed E-state index contributed by atoms with van der Waals surface area (Å²) in [6.45, 7) is 7.26. The number of carbonyl (C=O) groups is 2. The van der Waals surface area contributed by atoms with Gasteiger partial charge in [-0.05, 0) is 104 Å². The molecule has 1 amide bonds. The lowest BCUT2D eigenvalue weighted by molar-refractivity contribution is -0.207. The second-order valence-electron chi connectivity index (χ2n) is 13.1. The average molecular weight is 492 g/mol. The molecular formula is C28H45NO6. The van der Waals surface area contributed by atoms with Crippen LogP contribution in [-0.4, -0.2) is 57.1 Å². The number of aliphatic hydroxyl groups is 3. The summed E-state index contributed by atoms with van der Waals surface area (Å²) in [6, 6.07) is 0. The molecule has 0 spiro atoms. The van der Waals surface area contributed by atoms with E-state index in [1.807, 2.05) is 0 Å². The van der Waals surface area contributed by atoms with Crippen LogP contribution in [0.2, 0.25) is 0 Å². The predicted octanol–water partition coefficient (Wildman–Crippen LogP) is 3.44. The summed E-state index contributed by atoms with van der Waals surface area (Å²) in [5.74, 6) is 1.15. The van der Waals surface area contributed by atoms with Crippen molar-refractivity contribution in [1.29, 1.82) is 0 Å². The summed E-state index contributed by atoms with van der Waals surface area (Å²) < 4.78 is 0. The van der Waals surface area contributed by atoms with Gasteiger partial charge in [-0.2, -0.15) is 5.06 Å². The van der Waals surface area contributed by atoms with E-state index >= 15 is 0 Å². The van der Waals surface area contributed by atoms with Crippen molar-refractivity contribution in [1.82, 2.24) is 5.06 Å². The van der Waals surface area contributed by atoms with Gasteiger partial charge in [0.25, 0.3) is 5.91 Å². The Morgan fingerprint density at radius 3 is 2.60 bits per heavy atom. The van der Waals surface area contributed by atoms with E-state index in [1.165, 1.54) is 5.06 Å². The highest BCUT2D eigenvalue weighted by Crippen LogP contribution is 2.68. The molecule has 11 atom stereocenters. The summed E-state index contributed by atoms with van der Waals surface area (Å²) in [4.78, 5) is 29.4. The first kappa shape index (κ1) is 25.5. The van der Waals surface area contributed by atoms with E-state index < -0.39 is 6.10 Å². The van der Waals surface area contributed by atoms with Crippen molar-refractivity contribution >= 4 is 11.9 Å². The number of aliphatic hydroxyl groups excluding tert-OH is 3. The van der Waals surface area contributed by atoms with Crippen LogP contribution in [0.25, 0.3) is 0 Å². The van der Waals surface area contributed by atoms with Crippen LogP contribution in [0.1, 0.15) is 91.4 Å². The first-order valence-electron chi connectivity index (χ1n) is 14.1. The molecule has 198 valence electrons. The van der Waals surface area contributed by atoms with Crippen LogP contribution in [0.4, 0.5) is 0 Å². The molecule has 0 bridgehead atoms. The van der Waals surface area contributed by atoms with Gasteiger partial charge < -0.3 is 20.2 Å². The first-order valence-corrected chi connectivity index (χ1v) is 14.1. The topological polar surface area (TPSA) is 107 Å². The van der Waals surface area contributed by atoms with Crippen LogP contribution in [0.5, 0.6) is 0 Å². The molecule has 0 radical (unpaired) electrons. The molecule has 1 aliphatic heterocycles. The lowest BCUT2D eigenvalue weighted by atomic mass is 9.43. The van der Waals surface area contributed by atoms with Crippen molar-refractivity contribution in [2.75, 3.05) is 6.54 Å². The lowest BCUT2D eigenvalue weighted by Crippen LogP contribution is -2.62. The molecule has 4 aliphatic carbocycles. The molecule has 0 aromatic heterocycles. The van der Waals surface area contributed by atoms with Gasteiger partial charge in [-0.25, -0.2) is 4.79 Å². The molecule has 7 heteroatoms. The van der Waals surface area contributed by atoms with Crippen molar-refractivity contribution in [2.45, 2.75) is 110 Å². The number of hydroxylamine groups is 2. The Bertz CT molecular complexity index is 834. The van der Waals surface area contributed by atoms with Crippen molar-refractivity contribution < 1.29 is 29.7 Å². The van der Waals surface area contributed by atoms with Gasteiger partial charge in [0.1, 0.15) is 0 Å². The van der Waals surface area contributed by atoms with Crippen molar-refractivity contribution in [3.8, 4) is 0 Å². The standard InChI is InChI=1S/C28H45NO6/c1-16(6-9-25(34)35-29-12-4-5-24(29)33)19-7-8-20-26-21(15-23(32)28(19,20)3)27(2)11-10-18(30)13-17(27)14-22(26)31/h16-23,26,30-32H,4-15H2,1-3H3/t16-,17+,18-,19-,20+,21+,22-,23+,26+,27+,28-/m1/s1. The molecule has 5 fully saturated rings. The van der Waals surface area contributed by atoms with E-state index in [0.717, 1.165) is 51.4 Å². The molecule has 7 nitrogen and oxygen atoms in total. The van der Waals surface area contributed by atoms with Crippen LogP contribution in [0, 0.1) is 46.3 Å². The second kappa shape index (κ2) is 9.29. The molecule has 5 aliphatic rings. The van der Waals surface area contributed by atoms with Gasteiger partial charge in [0, 0.05) is 12.8 Å². The summed E-state index contributed by atoms with van der Waals surface area (Å²) in [5.41, 5.74) is -0.195. The van der Waals surface area contributed by atoms with Gasteiger partial charge in [-0.3, -0.25) is 4.79 Å². The van der Waals surface area contributed by atoms with Gasteiger partial charge in [0.2, 0.25) is 0 Å². The third kappa shape index (κ3) is 4.14. The Morgan fingerprint density at radius 2 is 1.89 bits per heavy atom. The van der Waals surface area contributed by atoms with Crippen LogP contribution in [-0.2, 0) is 14.4 Å². The zero-order chi connectivity index (χ0) is 25.1. The SMILES string of the molecule is C[C@H](CCC(=O)ON1CCCC1=O)[C@H]1CC[C@H]2[C@@H]3[C@H](O)C[C@@H]4C[C@H](O)CC[C@]4(C)[C@H]3C[C@H](O)[C@]12C. The maximum Gasteiger partial charge on any atom is 0.332 e. The molecule has 0 unspecified atom stereocenters. The fraction of sp³-hybridized carbons (Fsp3) is 0.929. The van der Waals surface area contributed by atoms with E-state index in [9.17, 15) is 24.9 Å². The summed E-state index contributed by atoms with van der Waals surface area (Å²) >= 11 is 0. The number of rotatable bonds is 5. The Morgan fingerprint density at radius 1 is 1.11 bits per heavy atom. The smallest absolute Gasteiger partial charge is 0.332 e. The monoisotopic (exact) mass is 491 g/mol. The molecular weight excluding hydrogens is 446 g/mol. The third-order valence-electron chi connectivity index (χ3n) is 11.6. The molecule has 5 rings (SSSR count). The van der Waals surface area contributed by atoms with E-state index in [-0.39, 0.29) is 65.0 Å². The largest absolute Gasteiger partial charge is 0.393 e. The van der Waals surface area contributed by atoms with Crippen molar-refractivity contribution in [2.24, 2.45) is 46.3 Å². The van der Waals surface area contributed by atoms with Crippen LogP contribution in [0.15, 0.2) is 0 Å². The molecule has 35 heavy (non-hydrogen) atoms. The Balaban J connectivity index is 1.27. The normalized spacial score (nSPS) is 48.2. The maximum absolute atomic E-state index is 12.4. The van der Waals surface area contributed by atoms with Gasteiger partial charge in [-0.1, -0.05) is 20.8 Å². The van der Waals surface area contributed by atoms with Crippen molar-refractivity contribution in [3.05, 3.63) is 0 Å². The fourth-order valence-electron chi connectivity index (χ4n) is 9.57. The zero-order valence-corrected chi connectivity index (χ0v) is 21.7. The number of hydrogen-bond acceptors (Lipinski definition) is 6. The highest BCUT2D eigenvalue weighted by molar-refractivity contribution is 5.79. The highest BCUT2D eigenvalue weighted by atomic mass is 16.7. The van der Waals surface area contributed by atoms with E-state index in [4.69, 9.17) is 4.84 Å². The molecule has 1 heterocycles. The molecule has 0 aromatic rings. The molecule has 3 N–H and O–H groups in total.